The van der Waals surface area contributed by atoms with Gasteiger partial charge in [-0.05, 0) is 19.4 Å². The molecule has 86 valence electrons. The van der Waals surface area contributed by atoms with Crippen LogP contribution < -0.4 is 0 Å². The van der Waals surface area contributed by atoms with E-state index in [9.17, 15) is 4.79 Å². The van der Waals surface area contributed by atoms with Gasteiger partial charge in [-0.15, -0.1) is 0 Å². The van der Waals surface area contributed by atoms with Gasteiger partial charge < -0.3 is 4.74 Å². The SMILES string of the molecule is COC(=O)C1CCN1Cc1ccnc(C)n1. The number of aromatic nitrogens is 2. The summed E-state index contributed by atoms with van der Waals surface area (Å²) in [6, 6.07) is 1.78. The Kier molecular flexibility index (Phi) is 3.14. The van der Waals surface area contributed by atoms with Crippen LogP contribution in [-0.4, -0.2) is 40.5 Å². The molecular formula is C11H15N3O2. The first kappa shape index (κ1) is 11.0. The van der Waals surface area contributed by atoms with Crippen molar-refractivity contribution in [1.29, 1.82) is 0 Å². The van der Waals surface area contributed by atoms with Crippen LogP contribution in [0, 0.1) is 6.92 Å². The summed E-state index contributed by atoms with van der Waals surface area (Å²) in [6.07, 6.45) is 2.61. The largest absolute Gasteiger partial charge is 0.468 e. The van der Waals surface area contributed by atoms with Gasteiger partial charge in [0.05, 0.1) is 12.8 Å². The van der Waals surface area contributed by atoms with E-state index in [2.05, 4.69) is 14.9 Å². The maximum Gasteiger partial charge on any atom is 0.323 e. The number of ether oxygens (including phenoxy) is 1. The molecule has 0 aromatic carbocycles. The molecule has 1 fully saturated rings. The molecule has 1 aromatic heterocycles. The van der Waals surface area contributed by atoms with Crippen molar-refractivity contribution in [2.75, 3.05) is 13.7 Å². The van der Waals surface area contributed by atoms with Crippen molar-refractivity contribution in [1.82, 2.24) is 14.9 Å². The summed E-state index contributed by atoms with van der Waals surface area (Å²) in [5.74, 6) is 0.602. The first-order chi connectivity index (χ1) is 7.70. The Bertz CT molecular complexity index is 395. The maximum absolute atomic E-state index is 11.4. The predicted molar refractivity (Wildman–Crippen MR) is 57.6 cm³/mol. The van der Waals surface area contributed by atoms with Gasteiger partial charge in [0, 0.05) is 19.3 Å². The van der Waals surface area contributed by atoms with Gasteiger partial charge in [-0.1, -0.05) is 0 Å². The molecule has 0 spiro atoms. The van der Waals surface area contributed by atoms with Crippen molar-refractivity contribution in [2.45, 2.75) is 25.9 Å². The number of esters is 1. The first-order valence-electron chi connectivity index (χ1n) is 5.31. The third-order valence-corrected chi connectivity index (χ3v) is 2.80. The van der Waals surface area contributed by atoms with Crippen LogP contribution >= 0.6 is 0 Å². The predicted octanol–water partition coefficient (Wildman–Crippen LogP) is 0.532. The molecule has 5 heteroatoms. The summed E-state index contributed by atoms with van der Waals surface area (Å²) in [4.78, 5) is 21.8. The Labute approximate surface area is 94.5 Å². The lowest BCUT2D eigenvalue weighted by atomic mass is 10.0. The van der Waals surface area contributed by atoms with E-state index in [4.69, 9.17) is 4.74 Å². The fourth-order valence-corrected chi connectivity index (χ4v) is 1.83. The molecule has 1 aliphatic rings. The van der Waals surface area contributed by atoms with Gasteiger partial charge in [0.25, 0.3) is 0 Å². The van der Waals surface area contributed by atoms with Gasteiger partial charge in [0.2, 0.25) is 0 Å². The molecule has 5 nitrogen and oxygen atoms in total. The van der Waals surface area contributed by atoms with Crippen LogP contribution in [0.15, 0.2) is 12.3 Å². The fraction of sp³-hybridized carbons (Fsp3) is 0.545. The number of aryl methyl sites for hydroxylation is 1. The lowest BCUT2D eigenvalue weighted by Gasteiger charge is -2.38. The molecule has 1 saturated heterocycles. The van der Waals surface area contributed by atoms with E-state index in [1.165, 1.54) is 7.11 Å². The Morgan fingerprint density at radius 3 is 3.06 bits per heavy atom. The molecule has 0 bridgehead atoms. The van der Waals surface area contributed by atoms with Gasteiger partial charge in [-0.3, -0.25) is 9.69 Å². The lowest BCUT2D eigenvalue weighted by molar-refractivity contribution is -0.152. The van der Waals surface area contributed by atoms with Crippen molar-refractivity contribution in [3.05, 3.63) is 23.8 Å². The van der Waals surface area contributed by atoms with Crippen molar-refractivity contribution in [2.24, 2.45) is 0 Å². The number of methoxy groups -OCH3 is 1. The van der Waals surface area contributed by atoms with Crippen LogP contribution in [-0.2, 0) is 16.1 Å². The Morgan fingerprint density at radius 2 is 2.50 bits per heavy atom. The van der Waals surface area contributed by atoms with Gasteiger partial charge in [0.1, 0.15) is 11.9 Å². The number of likely N-dealkylation sites (tertiary alicyclic amines) is 1. The minimum atomic E-state index is -0.156. The number of hydrogen-bond donors (Lipinski definition) is 0. The van der Waals surface area contributed by atoms with Crippen LogP contribution in [0.25, 0.3) is 0 Å². The number of carbonyl (C=O) groups is 1. The standard InChI is InChI=1S/C11H15N3O2/c1-8-12-5-3-9(13-8)7-14-6-4-10(14)11(15)16-2/h3,5,10H,4,6-7H2,1-2H3. The number of nitrogens with zero attached hydrogens (tertiary/aromatic N) is 3. The van der Waals surface area contributed by atoms with Gasteiger partial charge >= 0.3 is 5.97 Å². The van der Waals surface area contributed by atoms with Crippen LogP contribution in [0.2, 0.25) is 0 Å². The zero-order valence-electron chi connectivity index (χ0n) is 9.51. The van der Waals surface area contributed by atoms with Crippen molar-refractivity contribution >= 4 is 5.97 Å². The van der Waals surface area contributed by atoms with E-state index in [0.29, 0.717) is 6.54 Å². The maximum atomic E-state index is 11.4. The lowest BCUT2D eigenvalue weighted by Crippen LogP contribution is -2.52. The highest BCUT2D eigenvalue weighted by Gasteiger charge is 2.34. The molecule has 16 heavy (non-hydrogen) atoms. The fourth-order valence-electron chi connectivity index (χ4n) is 1.83. The van der Waals surface area contributed by atoms with E-state index in [1.807, 2.05) is 13.0 Å². The molecule has 1 aromatic rings. The third kappa shape index (κ3) is 2.19. The minimum Gasteiger partial charge on any atom is -0.468 e. The Morgan fingerprint density at radius 1 is 1.69 bits per heavy atom. The molecule has 0 saturated carbocycles. The minimum absolute atomic E-state index is 0.0970. The molecule has 1 aliphatic heterocycles. The summed E-state index contributed by atoms with van der Waals surface area (Å²) in [6.45, 7) is 3.46. The molecular weight excluding hydrogens is 206 g/mol. The average Bonchev–Trinajstić information content (AvgIpc) is 2.24. The van der Waals surface area contributed by atoms with E-state index in [0.717, 1.165) is 24.5 Å². The quantitative estimate of drug-likeness (QED) is 0.697. The highest BCUT2D eigenvalue weighted by Crippen LogP contribution is 2.20. The molecule has 1 atom stereocenters. The molecule has 2 rings (SSSR count). The van der Waals surface area contributed by atoms with E-state index in [-0.39, 0.29) is 12.0 Å². The topological polar surface area (TPSA) is 55.3 Å². The monoisotopic (exact) mass is 221 g/mol. The summed E-state index contributed by atoms with van der Waals surface area (Å²) in [7, 11) is 1.42. The highest BCUT2D eigenvalue weighted by atomic mass is 16.5. The van der Waals surface area contributed by atoms with Gasteiger partial charge in [0.15, 0.2) is 0 Å². The average molecular weight is 221 g/mol. The van der Waals surface area contributed by atoms with Gasteiger partial charge in [-0.2, -0.15) is 0 Å². The highest BCUT2D eigenvalue weighted by molar-refractivity contribution is 5.76. The Balaban J connectivity index is 1.98. The molecule has 1 unspecified atom stereocenters. The molecule has 0 radical (unpaired) electrons. The van der Waals surface area contributed by atoms with E-state index >= 15 is 0 Å². The molecule has 0 aliphatic carbocycles. The number of hydrogen-bond acceptors (Lipinski definition) is 5. The van der Waals surface area contributed by atoms with Crippen molar-refractivity contribution < 1.29 is 9.53 Å². The van der Waals surface area contributed by atoms with Gasteiger partial charge in [-0.25, -0.2) is 9.97 Å². The Hall–Kier alpha value is -1.49. The zero-order chi connectivity index (χ0) is 11.5. The molecule has 2 heterocycles. The van der Waals surface area contributed by atoms with Crippen molar-refractivity contribution in [3.63, 3.8) is 0 Å². The second-order valence-electron chi connectivity index (χ2n) is 3.89. The second kappa shape index (κ2) is 4.57. The second-order valence-corrected chi connectivity index (χ2v) is 3.89. The van der Waals surface area contributed by atoms with Crippen LogP contribution in [0.5, 0.6) is 0 Å². The molecule has 0 N–H and O–H groups in total. The van der Waals surface area contributed by atoms with Crippen molar-refractivity contribution in [3.8, 4) is 0 Å². The summed E-state index contributed by atoms with van der Waals surface area (Å²) >= 11 is 0. The van der Waals surface area contributed by atoms with Crippen LogP contribution in [0.3, 0.4) is 0 Å². The van der Waals surface area contributed by atoms with Crippen LogP contribution in [0.4, 0.5) is 0 Å². The normalized spacial score (nSPS) is 20.2. The zero-order valence-corrected chi connectivity index (χ0v) is 9.51. The summed E-state index contributed by atoms with van der Waals surface area (Å²) < 4.78 is 4.73. The van der Waals surface area contributed by atoms with E-state index < -0.39 is 0 Å². The smallest absolute Gasteiger partial charge is 0.323 e. The molecule has 0 amide bonds. The number of rotatable bonds is 3. The van der Waals surface area contributed by atoms with E-state index in [1.54, 1.807) is 6.20 Å². The summed E-state index contributed by atoms with van der Waals surface area (Å²) in [5, 5.41) is 0. The third-order valence-electron chi connectivity index (χ3n) is 2.80. The van der Waals surface area contributed by atoms with Crippen LogP contribution in [0.1, 0.15) is 17.9 Å². The summed E-state index contributed by atoms with van der Waals surface area (Å²) in [5.41, 5.74) is 0.945. The first-order valence-corrected chi connectivity index (χ1v) is 5.31. The number of carbonyl (C=O) groups excluding carboxylic acids is 1.